The lowest BCUT2D eigenvalue weighted by Gasteiger charge is -2.18. The first-order valence-electron chi connectivity index (χ1n) is 8.67. The summed E-state index contributed by atoms with van der Waals surface area (Å²) in [5.74, 6) is 2.66. The van der Waals surface area contributed by atoms with Crippen LogP contribution in [0, 0.1) is 0 Å². The number of hydrogen-bond acceptors (Lipinski definition) is 7. The summed E-state index contributed by atoms with van der Waals surface area (Å²) in [6.45, 7) is 1.97. The van der Waals surface area contributed by atoms with E-state index in [2.05, 4.69) is 0 Å². The van der Waals surface area contributed by atoms with Gasteiger partial charge in [0.15, 0.2) is 43.4 Å². The lowest BCUT2D eigenvalue weighted by atomic mass is 10.1. The lowest BCUT2D eigenvalue weighted by Crippen LogP contribution is -2.14. The zero-order chi connectivity index (χ0) is 17.9. The quantitative estimate of drug-likeness (QED) is 0.701. The standard InChI is InChI=1S/C19H24O7/c1-3-7-18-16(5-1)23-11-9-20-10-12-24-17-6-2-4-8-19(17)26-15-22-13-21-14-25-18/h1,3,5-8H,2,4,9-15H2. The number of ether oxygens (including phenoxy) is 7. The van der Waals surface area contributed by atoms with E-state index in [1.54, 1.807) is 0 Å². The average molecular weight is 364 g/mol. The van der Waals surface area contributed by atoms with Gasteiger partial charge in [0.2, 0.25) is 0 Å². The molecule has 7 heteroatoms. The molecule has 0 aromatic heterocycles. The Labute approximate surface area is 153 Å². The second-order valence-corrected chi connectivity index (χ2v) is 5.52. The Kier molecular flexibility index (Phi) is 7.64. The van der Waals surface area contributed by atoms with E-state index in [0.29, 0.717) is 43.7 Å². The van der Waals surface area contributed by atoms with Gasteiger partial charge < -0.3 is 33.2 Å². The molecule has 1 aromatic rings. The van der Waals surface area contributed by atoms with Crippen LogP contribution in [-0.2, 0) is 23.7 Å². The van der Waals surface area contributed by atoms with Crippen molar-refractivity contribution in [3.63, 3.8) is 0 Å². The predicted octanol–water partition coefficient (Wildman–Crippen LogP) is 2.97. The minimum Gasteiger partial charge on any atom is -0.488 e. The molecule has 0 fully saturated rings. The van der Waals surface area contributed by atoms with Crippen molar-refractivity contribution in [2.45, 2.75) is 12.8 Å². The van der Waals surface area contributed by atoms with Crippen molar-refractivity contribution < 1.29 is 33.2 Å². The molecule has 1 heterocycles. The summed E-state index contributed by atoms with van der Waals surface area (Å²) in [6, 6.07) is 7.41. The molecule has 3 rings (SSSR count). The Balaban J connectivity index is 1.54. The van der Waals surface area contributed by atoms with Crippen molar-refractivity contribution in [3.05, 3.63) is 47.9 Å². The topological polar surface area (TPSA) is 64.6 Å². The van der Waals surface area contributed by atoms with Gasteiger partial charge in [-0.1, -0.05) is 12.1 Å². The number of para-hydroxylation sites is 2. The van der Waals surface area contributed by atoms with E-state index in [1.807, 2.05) is 36.4 Å². The highest BCUT2D eigenvalue weighted by molar-refractivity contribution is 5.39. The van der Waals surface area contributed by atoms with E-state index < -0.39 is 0 Å². The molecule has 0 atom stereocenters. The van der Waals surface area contributed by atoms with Crippen LogP contribution in [0.2, 0.25) is 0 Å². The second kappa shape index (κ2) is 10.7. The third kappa shape index (κ3) is 5.94. The molecule has 0 radical (unpaired) electrons. The number of rotatable bonds is 0. The molecule has 142 valence electrons. The zero-order valence-electron chi connectivity index (χ0n) is 14.7. The van der Waals surface area contributed by atoms with Crippen molar-refractivity contribution in [3.8, 4) is 11.5 Å². The molecule has 0 amide bonds. The first-order valence-corrected chi connectivity index (χ1v) is 8.67. The molecule has 0 bridgehead atoms. The monoisotopic (exact) mass is 364 g/mol. The molecular formula is C19H24O7. The van der Waals surface area contributed by atoms with Crippen LogP contribution in [-0.4, -0.2) is 46.8 Å². The highest BCUT2D eigenvalue weighted by Gasteiger charge is 2.12. The molecule has 7 nitrogen and oxygen atoms in total. The highest BCUT2D eigenvalue weighted by atomic mass is 16.8. The van der Waals surface area contributed by atoms with Crippen LogP contribution in [0.1, 0.15) is 12.8 Å². The maximum atomic E-state index is 5.74. The van der Waals surface area contributed by atoms with E-state index >= 15 is 0 Å². The molecular weight excluding hydrogens is 340 g/mol. The number of allylic oxidation sites excluding steroid dienone is 2. The minimum atomic E-state index is 0.0494. The highest BCUT2D eigenvalue weighted by Crippen LogP contribution is 2.26. The van der Waals surface area contributed by atoms with Gasteiger partial charge in [0.05, 0.1) is 13.2 Å². The second-order valence-electron chi connectivity index (χ2n) is 5.52. The first-order chi connectivity index (χ1) is 12.9. The van der Waals surface area contributed by atoms with Crippen molar-refractivity contribution >= 4 is 0 Å². The fourth-order valence-electron chi connectivity index (χ4n) is 2.44. The van der Waals surface area contributed by atoms with Gasteiger partial charge in [0.25, 0.3) is 0 Å². The Morgan fingerprint density at radius 2 is 1.15 bits per heavy atom. The van der Waals surface area contributed by atoms with Crippen LogP contribution in [0.4, 0.5) is 0 Å². The summed E-state index contributed by atoms with van der Waals surface area (Å²) in [6.07, 6.45) is 5.85. The average Bonchev–Trinajstić information content (AvgIpc) is 2.68. The van der Waals surface area contributed by atoms with Crippen molar-refractivity contribution in [2.75, 3.05) is 46.8 Å². The van der Waals surface area contributed by atoms with Crippen LogP contribution >= 0.6 is 0 Å². The largest absolute Gasteiger partial charge is 0.488 e. The summed E-state index contributed by atoms with van der Waals surface area (Å²) >= 11 is 0. The molecule has 0 saturated heterocycles. The summed E-state index contributed by atoms with van der Waals surface area (Å²) in [5, 5.41) is 0. The van der Waals surface area contributed by atoms with E-state index in [4.69, 9.17) is 33.2 Å². The summed E-state index contributed by atoms with van der Waals surface area (Å²) < 4.78 is 38.8. The molecule has 0 saturated carbocycles. The molecule has 0 unspecified atom stereocenters. The van der Waals surface area contributed by atoms with Gasteiger partial charge >= 0.3 is 0 Å². The maximum absolute atomic E-state index is 5.74. The Bertz CT molecular complexity index is 559. The summed E-state index contributed by atoms with van der Waals surface area (Å²) in [5.41, 5.74) is 0. The van der Waals surface area contributed by atoms with Gasteiger partial charge in [0.1, 0.15) is 13.2 Å². The molecule has 1 aromatic carbocycles. The van der Waals surface area contributed by atoms with Crippen LogP contribution in [0.25, 0.3) is 0 Å². The Morgan fingerprint density at radius 1 is 0.538 bits per heavy atom. The van der Waals surface area contributed by atoms with Gasteiger partial charge in [0, 0.05) is 0 Å². The van der Waals surface area contributed by atoms with Crippen molar-refractivity contribution in [1.82, 2.24) is 0 Å². The number of benzene rings is 1. The number of hydrogen-bond donors (Lipinski definition) is 0. The Hall–Kier alpha value is -2.22. The maximum Gasteiger partial charge on any atom is 0.191 e. The van der Waals surface area contributed by atoms with E-state index in [0.717, 1.165) is 18.6 Å². The molecule has 26 heavy (non-hydrogen) atoms. The SMILES string of the molecule is C1=C2OCCOCCOc3ccccc3OCOCOCOC2=CCC1. The fraction of sp³-hybridized carbons (Fsp3) is 0.474. The third-order valence-corrected chi connectivity index (χ3v) is 3.65. The van der Waals surface area contributed by atoms with Crippen molar-refractivity contribution in [1.29, 1.82) is 0 Å². The van der Waals surface area contributed by atoms with Crippen molar-refractivity contribution in [2.24, 2.45) is 0 Å². The fourth-order valence-corrected chi connectivity index (χ4v) is 2.44. The minimum absolute atomic E-state index is 0.0494. The zero-order valence-corrected chi connectivity index (χ0v) is 14.7. The van der Waals surface area contributed by atoms with Crippen LogP contribution in [0.3, 0.4) is 0 Å². The molecule has 1 aliphatic carbocycles. The molecule has 2 aliphatic rings. The molecule has 0 spiro atoms. The van der Waals surface area contributed by atoms with Crippen LogP contribution < -0.4 is 9.47 Å². The predicted molar refractivity (Wildman–Crippen MR) is 92.6 cm³/mol. The normalized spacial score (nSPS) is 20.2. The third-order valence-electron chi connectivity index (χ3n) is 3.65. The van der Waals surface area contributed by atoms with Crippen LogP contribution in [0.15, 0.2) is 47.9 Å². The summed E-state index contributed by atoms with van der Waals surface area (Å²) in [7, 11) is 0. The summed E-state index contributed by atoms with van der Waals surface area (Å²) in [4.78, 5) is 0. The van der Waals surface area contributed by atoms with Gasteiger partial charge in [-0.15, -0.1) is 0 Å². The number of fused-ring (bicyclic) bond motifs is 2. The molecule has 1 aliphatic heterocycles. The van der Waals surface area contributed by atoms with Crippen LogP contribution in [0.5, 0.6) is 11.5 Å². The van der Waals surface area contributed by atoms with Gasteiger partial charge in [-0.05, 0) is 37.1 Å². The van der Waals surface area contributed by atoms with E-state index in [-0.39, 0.29) is 20.4 Å². The smallest absolute Gasteiger partial charge is 0.191 e. The van der Waals surface area contributed by atoms with Gasteiger partial charge in [-0.3, -0.25) is 0 Å². The Morgan fingerprint density at radius 3 is 1.92 bits per heavy atom. The lowest BCUT2D eigenvalue weighted by molar-refractivity contribution is -0.143. The first kappa shape index (κ1) is 18.6. The van der Waals surface area contributed by atoms with E-state index in [9.17, 15) is 0 Å². The van der Waals surface area contributed by atoms with E-state index in [1.165, 1.54) is 0 Å². The molecule has 0 N–H and O–H groups in total. The van der Waals surface area contributed by atoms with Gasteiger partial charge in [-0.25, -0.2) is 0 Å². The van der Waals surface area contributed by atoms with Gasteiger partial charge in [-0.2, -0.15) is 0 Å².